The van der Waals surface area contributed by atoms with Crippen LogP contribution in [0.15, 0.2) is 22.9 Å². The lowest BCUT2D eigenvalue weighted by atomic mass is 10.1. The van der Waals surface area contributed by atoms with Crippen molar-refractivity contribution in [1.82, 2.24) is 10.5 Å². The van der Waals surface area contributed by atoms with Crippen LogP contribution in [0.4, 0.5) is 13.2 Å². The molecule has 8 heteroatoms. The maximum atomic E-state index is 12.0. The zero-order chi connectivity index (χ0) is 13.4. The highest BCUT2D eigenvalue weighted by molar-refractivity contribution is 9.10. The van der Waals surface area contributed by atoms with Gasteiger partial charge in [0.05, 0.1) is 5.54 Å². The number of alkyl halides is 3. The Kier molecular flexibility index (Phi) is 3.33. The molecule has 1 aliphatic rings. The first-order valence-corrected chi connectivity index (χ1v) is 5.80. The van der Waals surface area contributed by atoms with Gasteiger partial charge in [-0.2, -0.15) is 13.2 Å². The molecule has 1 saturated carbocycles. The lowest BCUT2D eigenvalue weighted by molar-refractivity contribution is -0.209. The Morgan fingerprint density at radius 2 is 2.17 bits per heavy atom. The third-order valence-corrected chi connectivity index (χ3v) is 3.03. The van der Waals surface area contributed by atoms with Crippen LogP contribution in [0.25, 0.3) is 0 Å². The van der Waals surface area contributed by atoms with E-state index in [0.29, 0.717) is 17.4 Å². The molecule has 1 aromatic heterocycles. The van der Waals surface area contributed by atoms with E-state index in [4.69, 9.17) is 0 Å². The number of halogens is 4. The molecule has 0 aromatic carbocycles. The first-order chi connectivity index (χ1) is 8.33. The highest BCUT2D eigenvalue weighted by atomic mass is 79.9. The summed E-state index contributed by atoms with van der Waals surface area (Å²) >= 11 is 3.17. The molecule has 1 aromatic rings. The molecule has 0 unspecified atom stereocenters. The predicted octanol–water partition coefficient (Wildman–Crippen LogP) is 2.44. The maximum absolute atomic E-state index is 12.0. The van der Waals surface area contributed by atoms with Gasteiger partial charge < -0.3 is 4.84 Å². The van der Waals surface area contributed by atoms with Crippen molar-refractivity contribution in [3.05, 3.63) is 28.5 Å². The van der Waals surface area contributed by atoms with Crippen LogP contribution in [-0.2, 0) is 15.2 Å². The van der Waals surface area contributed by atoms with Gasteiger partial charge in [-0.3, -0.25) is 0 Å². The van der Waals surface area contributed by atoms with E-state index < -0.39 is 17.7 Å². The SMILES string of the molecule is O=C(ONC1(c2ccnc(Br)c2)CC1)C(F)(F)F. The third-order valence-electron chi connectivity index (χ3n) is 2.60. The Bertz CT molecular complexity index is 474. The van der Waals surface area contributed by atoms with Crippen LogP contribution < -0.4 is 5.48 Å². The van der Waals surface area contributed by atoms with Crippen LogP contribution in [0.3, 0.4) is 0 Å². The van der Waals surface area contributed by atoms with Crippen molar-refractivity contribution in [3.8, 4) is 0 Å². The van der Waals surface area contributed by atoms with Gasteiger partial charge in [-0.05, 0) is 46.5 Å². The summed E-state index contributed by atoms with van der Waals surface area (Å²) in [6.45, 7) is 0. The molecule has 0 bridgehead atoms. The topological polar surface area (TPSA) is 51.2 Å². The third kappa shape index (κ3) is 2.81. The number of nitrogens with zero attached hydrogens (tertiary/aromatic N) is 1. The van der Waals surface area contributed by atoms with E-state index in [1.54, 1.807) is 12.1 Å². The van der Waals surface area contributed by atoms with Crippen LogP contribution >= 0.6 is 15.9 Å². The molecular formula is C10H8BrF3N2O2. The lowest BCUT2D eigenvalue weighted by Gasteiger charge is -2.17. The van der Waals surface area contributed by atoms with Crippen molar-refractivity contribution < 1.29 is 22.8 Å². The van der Waals surface area contributed by atoms with Crippen molar-refractivity contribution in [3.63, 3.8) is 0 Å². The Hall–Kier alpha value is -1.15. The molecule has 4 nitrogen and oxygen atoms in total. The summed E-state index contributed by atoms with van der Waals surface area (Å²) in [5.74, 6) is -2.25. The van der Waals surface area contributed by atoms with E-state index in [1.807, 2.05) is 0 Å². The van der Waals surface area contributed by atoms with Crippen molar-refractivity contribution in [1.29, 1.82) is 0 Å². The number of hydrogen-bond donors (Lipinski definition) is 1. The number of rotatable bonds is 3. The van der Waals surface area contributed by atoms with Gasteiger partial charge in [-0.25, -0.2) is 9.78 Å². The molecule has 2 rings (SSSR count). The average Bonchev–Trinajstić information content (AvgIpc) is 3.05. The van der Waals surface area contributed by atoms with E-state index in [9.17, 15) is 18.0 Å². The number of hydroxylamine groups is 1. The van der Waals surface area contributed by atoms with E-state index in [1.165, 1.54) is 6.20 Å². The summed E-state index contributed by atoms with van der Waals surface area (Å²) in [5, 5.41) is 0. The Balaban J connectivity index is 2.03. The fraction of sp³-hybridized carbons (Fsp3) is 0.400. The van der Waals surface area contributed by atoms with Gasteiger partial charge in [0.25, 0.3) is 0 Å². The fourth-order valence-corrected chi connectivity index (χ4v) is 1.84. The maximum Gasteiger partial charge on any atom is 0.492 e. The highest BCUT2D eigenvalue weighted by Gasteiger charge is 2.49. The minimum Gasteiger partial charge on any atom is -0.363 e. The Morgan fingerprint density at radius 3 is 2.67 bits per heavy atom. The Morgan fingerprint density at radius 1 is 1.50 bits per heavy atom. The van der Waals surface area contributed by atoms with E-state index >= 15 is 0 Å². The number of pyridine rings is 1. The molecule has 18 heavy (non-hydrogen) atoms. The quantitative estimate of drug-likeness (QED) is 0.685. The van der Waals surface area contributed by atoms with Crippen LogP contribution in [0.1, 0.15) is 18.4 Å². The second-order valence-electron chi connectivity index (χ2n) is 3.94. The minimum atomic E-state index is -5.00. The van der Waals surface area contributed by atoms with Crippen LogP contribution in [0.2, 0.25) is 0 Å². The molecule has 1 heterocycles. The molecule has 1 aliphatic carbocycles. The van der Waals surface area contributed by atoms with Crippen molar-refractivity contribution in [2.45, 2.75) is 24.6 Å². The van der Waals surface area contributed by atoms with Crippen molar-refractivity contribution in [2.24, 2.45) is 0 Å². The summed E-state index contributed by atoms with van der Waals surface area (Å²) < 4.78 is 36.5. The number of hydrogen-bond acceptors (Lipinski definition) is 4. The molecule has 1 fully saturated rings. The lowest BCUT2D eigenvalue weighted by Crippen LogP contribution is -2.37. The van der Waals surface area contributed by atoms with Crippen LogP contribution in [0.5, 0.6) is 0 Å². The zero-order valence-corrected chi connectivity index (χ0v) is 10.5. The second-order valence-corrected chi connectivity index (χ2v) is 4.75. The van der Waals surface area contributed by atoms with Crippen LogP contribution in [-0.4, -0.2) is 17.1 Å². The van der Waals surface area contributed by atoms with Crippen molar-refractivity contribution >= 4 is 21.9 Å². The summed E-state index contributed by atoms with van der Waals surface area (Å²) in [4.78, 5) is 18.6. The van der Waals surface area contributed by atoms with Gasteiger partial charge in [-0.15, -0.1) is 5.48 Å². The minimum absolute atomic E-state index is 0.565. The monoisotopic (exact) mass is 324 g/mol. The summed E-state index contributed by atoms with van der Waals surface area (Å²) in [6, 6.07) is 3.33. The molecule has 0 amide bonds. The number of carbonyl (C=O) groups excluding carboxylic acids is 1. The first-order valence-electron chi connectivity index (χ1n) is 5.01. The molecule has 0 radical (unpaired) electrons. The number of nitrogens with one attached hydrogen (secondary N) is 1. The molecule has 98 valence electrons. The van der Waals surface area contributed by atoms with E-state index in [2.05, 4.69) is 31.2 Å². The number of aromatic nitrogens is 1. The van der Waals surface area contributed by atoms with Gasteiger partial charge in [-0.1, -0.05) is 0 Å². The molecule has 0 saturated heterocycles. The van der Waals surface area contributed by atoms with Gasteiger partial charge in [0.15, 0.2) is 0 Å². The molecule has 0 spiro atoms. The molecule has 0 atom stereocenters. The molecule has 0 aliphatic heterocycles. The first kappa shape index (κ1) is 13.3. The van der Waals surface area contributed by atoms with Gasteiger partial charge >= 0.3 is 12.1 Å². The highest BCUT2D eigenvalue weighted by Crippen LogP contribution is 2.45. The molecule has 1 N–H and O–H groups in total. The summed E-state index contributed by atoms with van der Waals surface area (Å²) in [6.07, 6.45) is -2.29. The van der Waals surface area contributed by atoms with E-state index in [-0.39, 0.29) is 0 Å². The summed E-state index contributed by atoms with van der Waals surface area (Å²) in [5.41, 5.74) is 2.19. The van der Waals surface area contributed by atoms with E-state index in [0.717, 1.165) is 5.56 Å². The smallest absolute Gasteiger partial charge is 0.363 e. The predicted molar refractivity (Wildman–Crippen MR) is 58.1 cm³/mol. The average molecular weight is 325 g/mol. The van der Waals surface area contributed by atoms with Gasteiger partial charge in [0, 0.05) is 6.20 Å². The summed E-state index contributed by atoms with van der Waals surface area (Å²) in [7, 11) is 0. The van der Waals surface area contributed by atoms with Gasteiger partial charge in [0.1, 0.15) is 4.60 Å². The normalized spacial score (nSPS) is 17.3. The molecular weight excluding hydrogens is 317 g/mol. The fourth-order valence-electron chi connectivity index (χ4n) is 1.48. The Labute approximate surface area is 109 Å². The van der Waals surface area contributed by atoms with Crippen LogP contribution in [0, 0.1) is 0 Å². The standard InChI is InChI=1S/C10H8BrF3N2O2/c11-7-5-6(1-4-15-7)9(2-3-9)16-18-8(17)10(12,13)14/h1,4-5,16H,2-3H2. The second kappa shape index (κ2) is 4.51. The van der Waals surface area contributed by atoms with Gasteiger partial charge in [0.2, 0.25) is 0 Å². The van der Waals surface area contributed by atoms with Crippen molar-refractivity contribution in [2.75, 3.05) is 0 Å². The zero-order valence-electron chi connectivity index (χ0n) is 8.92. The largest absolute Gasteiger partial charge is 0.492 e. The number of carbonyl (C=O) groups is 1.